The van der Waals surface area contributed by atoms with Crippen LogP contribution in [0.1, 0.15) is 34.9 Å². The molecular weight excluding hydrogens is 336 g/mol. The summed E-state index contributed by atoms with van der Waals surface area (Å²) in [6.45, 7) is -0.181. The minimum Gasteiger partial charge on any atom is -0.508 e. The monoisotopic (exact) mass is 356 g/mol. The molecule has 3 rings (SSSR count). The SMILES string of the molecule is O=C(O)C(c1ccc(O)cc1)c1ccc(C2CC2C(=O)OCCO)cc1. The number of aromatic hydroxyl groups is 1. The number of aliphatic hydroxyl groups is 1. The highest BCUT2D eigenvalue weighted by Gasteiger charge is 2.45. The summed E-state index contributed by atoms with van der Waals surface area (Å²) in [7, 11) is 0. The average Bonchev–Trinajstić information content (AvgIpc) is 3.43. The molecule has 3 N–H and O–H groups in total. The molecule has 0 radical (unpaired) electrons. The van der Waals surface area contributed by atoms with Gasteiger partial charge in [0.15, 0.2) is 0 Å². The maximum absolute atomic E-state index is 11.8. The summed E-state index contributed by atoms with van der Waals surface area (Å²) in [4.78, 5) is 23.5. The maximum Gasteiger partial charge on any atom is 0.315 e. The fourth-order valence-corrected chi connectivity index (χ4v) is 3.16. The van der Waals surface area contributed by atoms with Gasteiger partial charge in [-0.25, -0.2) is 0 Å². The van der Waals surface area contributed by atoms with E-state index in [-0.39, 0.29) is 36.8 Å². The number of ether oxygens (including phenoxy) is 1. The van der Waals surface area contributed by atoms with Crippen LogP contribution in [0.3, 0.4) is 0 Å². The molecule has 2 aromatic carbocycles. The molecule has 0 heterocycles. The van der Waals surface area contributed by atoms with Gasteiger partial charge in [-0.05, 0) is 41.2 Å². The van der Waals surface area contributed by atoms with Crippen LogP contribution in [0.4, 0.5) is 0 Å². The first-order valence-electron chi connectivity index (χ1n) is 8.40. The van der Waals surface area contributed by atoms with Crippen LogP contribution in [0.25, 0.3) is 0 Å². The third-order valence-electron chi connectivity index (χ3n) is 4.60. The van der Waals surface area contributed by atoms with Crippen molar-refractivity contribution < 1.29 is 29.6 Å². The van der Waals surface area contributed by atoms with E-state index in [1.807, 2.05) is 12.1 Å². The van der Waals surface area contributed by atoms with Gasteiger partial charge in [0.25, 0.3) is 0 Å². The summed E-state index contributed by atoms with van der Waals surface area (Å²) in [6, 6.07) is 13.3. The highest BCUT2D eigenvalue weighted by molar-refractivity contribution is 5.80. The van der Waals surface area contributed by atoms with Gasteiger partial charge in [-0.15, -0.1) is 0 Å². The van der Waals surface area contributed by atoms with E-state index in [1.54, 1.807) is 24.3 Å². The lowest BCUT2D eigenvalue weighted by Crippen LogP contribution is -2.13. The number of phenolic OH excluding ortho intramolecular Hbond substituents is 1. The summed E-state index contributed by atoms with van der Waals surface area (Å²) >= 11 is 0. The van der Waals surface area contributed by atoms with Gasteiger partial charge >= 0.3 is 11.9 Å². The smallest absolute Gasteiger partial charge is 0.315 e. The van der Waals surface area contributed by atoms with Crippen LogP contribution in [0, 0.1) is 5.92 Å². The lowest BCUT2D eigenvalue weighted by molar-refractivity contribution is -0.146. The first kappa shape index (κ1) is 17.9. The standard InChI is InChI=1S/C20H20O6/c21-9-10-26-20(25)17-11-16(17)12-1-3-13(4-2-12)18(19(23)24)14-5-7-15(22)8-6-14/h1-8,16-18,21-22H,9-11H2,(H,23,24). The third kappa shape index (κ3) is 3.86. The largest absolute Gasteiger partial charge is 0.508 e. The van der Waals surface area contributed by atoms with E-state index in [1.165, 1.54) is 12.1 Å². The highest BCUT2D eigenvalue weighted by Crippen LogP contribution is 2.48. The second-order valence-corrected chi connectivity index (χ2v) is 6.37. The van der Waals surface area contributed by atoms with E-state index < -0.39 is 11.9 Å². The quantitative estimate of drug-likeness (QED) is 0.658. The zero-order valence-electron chi connectivity index (χ0n) is 14.0. The van der Waals surface area contributed by atoms with Crippen molar-refractivity contribution in [3.8, 4) is 5.75 Å². The number of esters is 1. The predicted molar refractivity (Wildman–Crippen MR) is 92.9 cm³/mol. The Bertz CT molecular complexity index is 781. The van der Waals surface area contributed by atoms with E-state index in [9.17, 15) is 19.8 Å². The van der Waals surface area contributed by atoms with Crippen LogP contribution in [-0.4, -0.2) is 40.5 Å². The van der Waals surface area contributed by atoms with Crippen LogP contribution in [0.5, 0.6) is 5.75 Å². The van der Waals surface area contributed by atoms with E-state index in [0.29, 0.717) is 17.5 Å². The zero-order chi connectivity index (χ0) is 18.7. The molecule has 1 aliphatic carbocycles. The van der Waals surface area contributed by atoms with E-state index in [2.05, 4.69) is 0 Å². The fraction of sp³-hybridized carbons (Fsp3) is 0.300. The van der Waals surface area contributed by atoms with Crippen molar-refractivity contribution in [3.63, 3.8) is 0 Å². The van der Waals surface area contributed by atoms with Gasteiger partial charge in [0, 0.05) is 0 Å². The van der Waals surface area contributed by atoms with Crippen LogP contribution in [0.15, 0.2) is 48.5 Å². The molecule has 6 heteroatoms. The lowest BCUT2D eigenvalue weighted by atomic mass is 9.90. The second kappa shape index (κ2) is 7.58. The molecule has 0 amide bonds. The van der Waals surface area contributed by atoms with Crippen molar-refractivity contribution >= 4 is 11.9 Å². The Kier molecular flexibility index (Phi) is 5.23. The molecule has 136 valence electrons. The molecule has 0 aromatic heterocycles. The minimum absolute atomic E-state index is 0.00785. The van der Waals surface area contributed by atoms with Crippen molar-refractivity contribution in [1.82, 2.24) is 0 Å². The highest BCUT2D eigenvalue weighted by atomic mass is 16.5. The van der Waals surface area contributed by atoms with Crippen LogP contribution in [0.2, 0.25) is 0 Å². The number of aliphatic carboxylic acids is 1. The van der Waals surface area contributed by atoms with Gasteiger partial charge in [0.2, 0.25) is 0 Å². The summed E-state index contributed by atoms with van der Waals surface area (Å²) in [6.07, 6.45) is 0.698. The number of rotatable bonds is 7. The van der Waals surface area contributed by atoms with Gasteiger partial charge in [-0.2, -0.15) is 0 Å². The van der Waals surface area contributed by atoms with Crippen molar-refractivity contribution in [1.29, 1.82) is 0 Å². The average molecular weight is 356 g/mol. The van der Waals surface area contributed by atoms with Gasteiger partial charge in [-0.3, -0.25) is 9.59 Å². The Morgan fingerprint density at radius 3 is 2.15 bits per heavy atom. The summed E-state index contributed by atoms with van der Waals surface area (Å²) < 4.78 is 4.94. The summed E-state index contributed by atoms with van der Waals surface area (Å²) in [5.41, 5.74) is 2.18. The van der Waals surface area contributed by atoms with E-state index in [0.717, 1.165) is 5.56 Å². The summed E-state index contributed by atoms with van der Waals surface area (Å²) in [5.74, 6) is -2.14. The number of carbonyl (C=O) groups excluding carboxylic acids is 1. The Morgan fingerprint density at radius 2 is 1.62 bits per heavy atom. The molecule has 1 saturated carbocycles. The normalized spacial score (nSPS) is 19.6. The predicted octanol–water partition coefficient (Wildman–Crippen LogP) is 2.25. The van der Waals surface area contributed by atoms with Crippen molar-refractivity contribution in [3.05, 3.63) is 65.2 Å². The first-order chi connectivity index (χ1) is 12.5. The summed E-state index contributed by atoms with van der Waals surface area (Å²) in [5, 5.41) is 27.7. The number of aliphatic hydroxyl groups excluding tert-OH is 1. The van der Waals surface area contributed by atoms with Gasteiger partial charge < -0.3 is 20.1 Å². The van der Waals surface area contributed by atoms with Crippen LogP contribution < -0.4 is 0 Å². The molecule has 2 aromatic rings. The van der Waals surface area contributed by atoms with Crippen molar-refractivity contribution in [2.75, 3.05) is 13.2 Å². The van der Waals surface area contributed by atoms with Crippen LogP contribution in [-0.2, 0) is 14.3 Å². The van der Waals surface area contributed by atoms with Crippen LogP contribution >= 0.6 is 0 Å². The first-order valence-corrected chi connectivity index (χ1v) is 8.40. The topological polar surface area (TPSA) is 104 Å². The van der Waals surface area contributed by atoms with Gasteiger partial charge in [0.05, 0.1) is 12.5 Å². The zero-order valence-corrected chi connectivity index (χ0v) is 14.0. The van der Waals surface area contributed by atoms with E-state index in [4.69, 9.17) is 9.84 Å². The number of hydrogen-bond acceptors (Lipinski definition) is 5. The lowest BCUT2D eigenvalue weighted by Gasteiger charge is -2.14. The number of phenols is 1. The molecule has 0 aliphatic heterocycles. The molecule has 1 fully saturated rings. The van der Waals surface area contributed by atoms with E-state index >= 15 is 0 Å². The van der Waals surface area contributed by atoms with Crippen molar-refractivity contribution in [2.45, 2.75) is 18.3 Å². The third-order valence-corrected chi connectivity index (χ3v) is 4.60. The van der Waals surface area contributed by atoms with Gasteiger partial charge in [-0.1, -0.05) is 36.4 Å². The minimum atomic E-state index is -0.972. The Labute approximate surface area is 150 Å². The number of carbonyl (C=O) groups is 2. The number of carboxylic acids is 1. The number of benzene rings is 2. The Hall–Kier alpha value is -2.86. The molecule has 0 saturated heterocycles. The molecule has 1 aliphatic rings. The molecule has 0 spiro atoms. The molecule has 3 atom stereocenters. The Balaban J connectivity index is 1.73. The molecule has 3 unspecified atom stereocenters. The molecule has 6 nitrogen and oxygen atoms in total. The number of carboxylic acid groups (broad SMARTS) is 1. The van der Waals surface area contributed by atoms with Crippen molar-refractivity contribution in [2.24, 2.45) is 5.92 Å². The fourth-order valence-electron chi connectivity index (χ4n) is 3.16. The second-order valence-electron chi connectivity index (χ2n) is 6.37. The molecular formula is C20H20O6. The number of hydrogen-bond donors (Lipinski definition) is 3. The maximum atomic E-state index is 11.8. The van der Waals surface area contributed by atoms with Gasteiger partial charge in [0.1, 0.15) is 18.3 Å². The molecule has 26 heavy (non-hydrogen) atoms. The Morgan fingerprint density at radius 1 is 1.04 bits per heavy atom. The molecule has 0 bridgehead atoms.